The molecule has 0 atom stereocenters. The highest BCUT2D eigenvalue weighted by Gasteiger charge is 2.33. The largest absolute Gasteiger partial charge is 0.360 e. The second-order valence-electron chi connectivity index (χ2n) is 7.34. The molecule has 0 aliphatic carbocycles. The van der Waals surface area contributed by atoms with Gasteiger partial charge in [0.05, 0.1) is 0 Å². The highest BCUT2D eigenvalue weighted by Crippen LogP contribution is 2.24. The van der Waals surface area contributed by atoms with E-state index in [0.717, 1.165) is 5.69 Å². The average Bonchev–Trinajstić information content (AvgIpc) is 3.30. The number of benzene rings is 1. The van der Waals surface area contributed by atoms with E-state index in [-0.39, 0.29) is 23.1 Å². The topological polar surface area (TPSA) is 88.7 Å². The van der Waals surface area contributed by atoms with Gasteiger partial charge in [-0.25, -0.2) is 8.42 Å². The third kappa shape index (κ3) is 3.78. The maximum atomic E-state index is 13.1. The molecule has 1 aromatic carbocycles. The Morgan fingerprint density at radius 1 is 1.00 bits per heavy atom. The van der Waals surface area contributed by atoms with Crippen LogP contribution in [0, 0.1) is 13.8 Å². The van der Waals surface area contributed by atoms with Crippen molar-refractivity contribution in [2.24, 2.45) is 0 Å². The Morgan fingerprint density at radius 3 is 2.33 bits per heavy atom. The quantitative estimate of drug-likeness (QED) is 0.637. The third-order valence-corrected chi connectivity index (χ3v) is 7.47. The lowest BCUT2D eigenvalue weighted by Crippen LogP contribution is -2.37. The van der Waals surface area contributed by atoms with E-state index < -0.39 is 10.0 Å². The van der Waals surface area contributed by atoms with Crippen LogP contribution in [0.3, 0.4) is 0 Å². The van der Waals surface area contributed by atoms with Crippen molar-refractivity contribution in [2.75, 3.05) is 26.2 Å². The Labute approximate surface area is 175 Å². The van der Waals surface area contributed by atoms with Gasteiger partial charge in [0.2, 0.25) is 10.0 Å². The van der Waals surface area contributed by atoms with Gasteiger partial charge in [0.15, 0.2) is 5.76 Å². The molecule has 158 valence electrons. The van der Waals surface area contributed by atoms with Crippen molar-refractivity contribution >= 4 is 15.9 Å². The van der Waals surface area contributed by atoms with Gasteiger partial charge < -0.3 is 14.0 Å². The number of hydrogen-bond acceptors (Lipinski definition) is 5. The number of carbonyl (C=O) groups excluding carboxylic acids is 1. The molecule has 0 spiro atoms. The fourth-order valence-electron chi connectivity index (χ4n) is 3.77. The lowest BCUT2D eigenvalue weighted by atomic mass is 10.1. The Morgan fingerprint density at radius 2 is 1.70 bits per heavy atom. The predicted molar refractivity (Wildman–Crippen MR) is 111 cm³/mol. The van der Waals surface area contributed by atoms with Crippen LogP contribution in [0.5, 0.6) is 0 Å². The first-order valence-electron chi connectivity index (χ1n) is 9.83. The SMILES string of the molecule is Cc1noc(C)c1S(=O)(=O)N1CCCN(C(=O)c2ccc(-n3cccc3)cc2)CC1. The molecule has 1 aliphatic rings. The highest BCUT2D eigenvalue weighted by molar-refractivity contribution is 7.89. The minimum atomic E-state index is -3.71. The van der Waals surface area contributed by atoms with Crippen LogP contribution in [-0.4, -0.2) is 59.4 Å². The number of carbonyl (C=O) groups is 1. The van der Waals surface area contributed by atoms with Crippen LogP contribution in [0.1, 0.15) is 28.2 Å². The minimum Gasteiger partial charge on any atom is -0.360 e. The second-order valence-corrected chi connectivity index (χ2v) is 9.22. The van der Waals surface area contributed by atoms with Crippen LogP contribution < -0.4 is 0 Å². The molecule has 0 saturated carbocycles. The normalized spacial score (nSPS) is 15.9. The number of nitrogens with zero attached hydrogens (tertiary/aromatic N) is 4. The molecule has 0 bridgehead atoms. The van der Waals surface area contributed by atoms with E-state index in [4.69, 9.17) is 4.52 Å². The summed E-state index contributed by atoms with van der Waals surface area (Å²) in [5.41, 5.74) is 1.92. The summed E-state index contributed by atoms with van der Waals surface area (Å²) in [7, 11) is -3.71. The summed E-state index contributed by atoms with van der Waals surface area (Å²) in [6.07, 6.45) is 4.45. The predicted octanol–water partition coefficient (Wildman–Crippen LogP) is 2.62. The molecule has 4 rings (SSSR count). The summed E-state index contributed by atoms with van der Waals surface area (Å²) < 4.78 is 34.5. The van der Waals surface area contributed by atoms with E-state index in [1.165, 1.54) is 4.31 Å². The zero-order valence-electron chi connectivity index (χ0n) is 17.0. The summed E-state index contributed by atoms with van der Waals surface area (Å²) in [6.45, 7) is 4.64. The molecule has 0 radical (unpaired) electrons. The molecule has 3 aromatic rings. The molecule has 9 heteroatoms. The van der Waals surface area contributed by atoms with Crippen molar-refractivity contribution in [2.45, 2.75) is 25.2 Å². The smallest absolute Gasteiger partial charge is 0.253 e. The third-order valence-electron chi connectivity index (χ3n) is 5.32. The molecule has 0 N–H and O–H groups in total. The van der Waals surface area contributed by atoms with Gasteiger partial charge in [-0.05, 0) is 56.7 Å². The number of hydrogen-bond donors (Lipinski definition) is 0. The molecule has 1 amide bonds. The van der Waals surface area contributed by atoms with E-state index in [0.29, 0.717) is 37.3 Å². The molecule has 1 aliphatic heterocycles. The Balaban J connectivity index is 1.47. The first kappa shape index (κ1) is 20.4. The van der Waals surface area contributed by atoms with Gasteiger partial charge >= 0.3 is 0 Å². The summed E-state index contributed by atoms with van der Waals surface area (Å²) >= 11 is 0. The van der Waals surface area contributed by atoms with Gasteiger partial charge in [-0.2, -0.15) is 4.31 Å². The molecule has 1 fully saturated rings. The summed E-state index contributed by atoms with van der Waals surface area (Å²) in [4.78, 5) is 14.8. The minimum absolute atomic E-state index is 0.0920. The first-order chi connectivity index (χ1) is 14.4. The highest BCUT2D eigenvalue weighted by atomic mass is 32.2. The van der Waals surface area contributed by atoms with E-state index in [1.54, 1.807) is 30.9 Å². The Bertz CT molecular complexity index is 1110. The van der Waals surface area contributed by atoms with Crippen LogP contribution in [0.25, 0.3) is 5.69 Å². The standard InChI is InChI=1S/C21H24N4O4S/c1-16-20(17(2)29-22-16)30(27,28)25-13-5-12-24(14-15-25)21(26)18-6-8-19(9-7-18)23-10-3-4-11-23/h3-4,6-11H,5,12-15H2,1-2H3. The number of sulfonamides is 1. The van der Waals surface area contributed by atoms with Crippen LogP contribution in [0.2, 0.25) is 0 Å². The van der Waals surface area contributed by atoms with Crippen LogP contribution in [0.15, 0.2) is 58.2 Å². The molecule has 30 heavy (non-hydrogen) atoms. The molecular formula is C21H24N4O4S. The van der Waals surface area contributed by atoms with Crippen molar-refractivity contribution in [3.05, 3.63) is 65.8 Å². The second kappa shape index (κ2) is 8.08. The number of aryl methyl sites for hydroxylation is 2. The van der Waals surface area contributed by atoms with Gasteiger partial charge in [-0.1, -0.05) is 5.16 Å². The van der Waals surface area contributed by atoms with Crippen LogP contribution in [0.4, 0.5) is 0 Å². The summed E-state index contributed by atoms with van der Waals surface area (Å²) in [5, 5.41) is 3.76. The first-order valence-corrected chi connectivity index (χ1v) is 11.3. The van der Waals surface area contributed by atoms with Crippen molar-refractivity contribution < 1.29 is 17.7 Å². The van der Waals surface area contributed by atoms with Crippen LogP contribution in [-0.2, 0) is 10.0 Å². The molecule has 0 unspecified atom stereocenters. The fourth-order valence-corrected chi connectivity index (χ4v) is 5.54. The monoisotopic (exact) mass is 428 g/mol. The van der Waals surface area contributed by atoms with E-state index in [9.17, 15) is 13.2 Å². The Hall–Kier alpha value is -2.91. The summed E-state index contributed by atoms with van der Waals surface area (Å²) in [5.74, 6) is 0.193. The molecule has 8 nitrogen and oxygen atoms in total. The zero-order valence-corrected chi connectivity index (χ0v) is 17.8. The summed E-state index contributed by atoms with van der Waals surface area (Å²) in [6, 6.07) is 11.3. The average molecular weight is 429 g/mol. The Kier molecular flexibility index (Phi) is 5.48. The number of amides is 1. The van der Waals surface area contributed by atoms with E-state index in [1.807, 2.05) is 41.2 Å². The number of aromatic nitrogens is 2. The molecular weight excluding hydrogens is 404 g/mol. The zero-order chi connectivity index (χ0) is 21.3. The lowest BCUT2D eigenvalue weighted by Gasteiger charge is -2.22. The van der Waals surface area contributed by atoms with Gasteiger partial charge in [0, 0.05) is 49.8 Å². The van der Waals surface area contributed by atoms with Gasteiger partial charge in [-0.15, -0.1) is 0 Å². The molecule has 3 heterocycles. The van der Waals surface area contributed by atoms with Crippen molar-refractivity contribution in [1.82, 2.24) is 18.9 Å². The fraction of sp³-hybridized carbons (Fsp3) is 0.333. The van der Waals surface area contributed by atoms with Crippen molar-refractivity contribution in [3.8, 4) is 5.69 Å². The van der Waals surface area contributed by atoms with E-state index in [2.05, 4.69) is 5.16 Å². The van der Waals surface area contributed by atoms with Crippen molar-refractivity contribution in [3.63, 3.8) is 0 Å². The van der Waals surface area contributed by atoms with Gasteiger partial charge in [-0.3, -0.25) is 4.79 Å². The maximum absolute atomic E-state index is 13.1. The molecule has 1 saturated heterocycles. The number of rotatable bonds is 4. The lowest BCUT2D eigenvalue weighted by molar-refractivity contribution is 0.0764. The van der Waals surface area contributed by atoms with Crippen molar-refractivity contribution in [1.29, 1.82) is 0 Å². The molecule has 2 aromatic heterocycles. The van der Waals surface area contributed by atoms with Crippen LogP contribution >= 0.6 is 0 Å². The van der Waals surface area contributed by atoms with E-state index >= 15 is 0 Å². The maximum Gasteiger partial charge on any atom is 0.253 e. The van der Waals surface area contributed by atoms with Gasteiger partial charge in [0.25, 0.3) is 5.91 Å². The van der Waals surface area contributed by atoms with Gasteiger partial charge in [0.1, 0.15) is 10.6 Å².